The molecule has 4 rings (SSSR count). The predicted octanol–water partition coefficient (Wildman–Crippen LogP) is 2.37. The van der Waals surface area contributed by atoms with Crippen LogP contribution in [0.1, 0.15) is 29.8 Å². The highest BCUT2D eigenvalue weighted by Gasteiger charge is 2.50. The molecule has 7 nitrogen and oxygen atoms in total. The van der Waals surface area contributed by atoms with E-state index in [0.29, 0.717) is 24.0 Å². The molecule has 3 aromatic rings. The minimum atomic E-state index is -3.03. The van der Waals surface area contributed by atoms with Crippen LogP contribution in [0.25, 0.3) is 11.6 Å². The Bertz CT molecular complexity index is 1050. The molecule has 2 heterocycles. The second-order valence-electron chi connectivity index (χ2n) is 6.91. The topological polar surface area (TPSA) is 90.9 Å². The highest BCUT2D eigenvalue weighted by molar-refractivity contribution is 7.90. The first-order valence-corrected chi connectivity index (χ1v) is 10.6. The summed E-state index contributed by atoms with van der Waals surface area (Å²) >= 11 is 0. The third-order valence-corrected chi connectivity index (χ3v) is 5.74. The first-order chi connectivity index (χ1) is 12.4. The van der Waals surface area contributed by atoms with Gasteiger partial charge in [0, 0.05) is 12.5 Å². The number of hydrogen-bond donors (Lipinski definition) is 0. The maximum atomic E-state index is 11.3. The van der Waals surface area contributed by atoms with Gasteiger partial charge in [-0.05, 0) is 37.0 Å². The fourth-order valence-electron chi connectivity index (χ4n) is 3.23. The zero-order valence-corrected chi connectivity index (χ0v) is 15.5. The lowest BCUT2D eigenvalue weighted by molar-refractivity contribution is 0.416. The highest BCUT2D eigenvalue weighted by Crippen LogP contribution is 2.53. The van der Waals surface area contributed by atoms with Gasteiger partial charge in [-0.2, -0.15) is 10.1 Å². The Balaban J connectivity index is 1.58. The average molecular weight is 372 g/mol. The molecule has 8 heteroatoms. The largest absolute Gasteiger partial charge is 0.332 e. The molecular formula is C18H20N4O3S. The van der Waals surface area contributed by atoms with Crippen molar-refractivity contribution in [3.8, 4) is 11.6 Å². The molecule has 0 unspecified atom stereocenters. The number of benzene rings is 1. The summed E-state index contributed by atoms with van der Waals surface area (Å²) in [6, 6.07) is 10.0. The van der Waals surface area contributed by atoms with Crippen molar-refractivity contribution in [2.45, 2.75) is 31.7 Å². The number of sulfone groups is 1. The van der Waals surface area contributed by atoms with Gasteiger partial charge in [0.25, 0.3) is 5.89 Å². The molecule has 136 valence electrons. The first kappa shape index (κ1) is 17.0. The summed E-state index contributed by atoms with van der Waals surface area (Å²) in [5.74, 6) is 1.09. The van der Waals surface area contributed by atoms with Gasteiger partial charge in [0.1, 0.15) is 9.84 Å². The van der Waals surface area contributed by atoms with Crippen LogP contribution < -0.4 is 0 Å². The SMILES string of the molecule is Cc1ccccc1C1(c2noc(-c3ccn(CCS(C)(=O)=O)n3)n2)CC1. The average Bonchev–Trinajstić information content (AvgIpc) is 3.04. The van der Waals surface area contributed by atoms with Crippen molar-refractivity contribution in [3.05, 3.63) is 53.5 Å². The van der Waals surface area contributed by atoms with Gasteiger partial charge in [0.2, 0.25) is 0 Å². The van der Waals surface area contributed by atoms with Crippen molar-refractivity contribution in [1.82, 2.24) is 19.9 Å². The number of nitrogens with zero attached hydrogens (tertiary/aromatic N) is 4. The van der Waals surface area contributed by atoms with Gasteiger partial charge >= 0.3 is 0 Å². The summed E-state index contributed by atoms with van der Waals surface area (Å²) < 4.78 is 29.6. The predicted molar refractivity (Wildman–Crippen MR) is 96.4 cm³/mol. The molecule has 0 radical (unpaired) electrons. The van der Waals surface area contributed by atoms with Crippen molar-refractivity contribution < 1.29 is 12.9 Å². The summed E-state index contributed by atoms with van der Waals surface area (Å²) in [5.41, 5.74) is 2.86. The van der Waals surface area contributed by atoms with Crippen LogP contribution >= 0.6 is 0 Å². The number of hydrogen-bond acceptors (Lipinski definition) is 6. The quantitative estimate of drug-likeness (QED) is 0.660. The summed E-state index contributed by atoms with van der Waals surface area (Å²) in [6.45, 7) is 2.40. The summed E-state index contributed by atoms with van der Waals surface area (Å²) in [5, 5.41) is 8.55. The van der Waals surface area contributed by atoms with Crippen molar-refractivity contribution in [2.75, 3.05) is 12.0 Å². The van der Waals surface area contributed by atoms with Crippen LogP contribution in [-0.4, -0.2) is 40.3 Å². The zero-order chi connectivity index (χ0) is 18.4. The van der Waals surface area contributed by atoms with Crippen LogP contribution in [0.2, 0.25) is 0 Å². The fraction of sp³-hybridized carbons (Fsp3) is 0.389. The monoisotopic (exact) mass is 372 g/mol. The van der Waals surface area contributed by atoms with E-state index in [1.54, 1.807) is 16.9 Å². The van der Waals surface area contributed by atoms with Gasteiger partial charge in [0.15, 0.2) is 11.5 Å². The summed E-state index contributed by atoms with van der Waals surface area (Å²) in [7, 11) is -3.03. The zero-order valence-electron chi connectivity index (χ0n) is 14.7. The number of rotatable bonds is 6. The second kappa shape index (κ2) is 6.05. The van der Waals surface area contributed by atoms with Crippen LogP contribution in [0.15, 0.2) is 41.1 Å². The smallest absolute Gasteiger partial charge is 0.278 e. The van der Waals surface area contributed by atoms with E-state index >= 15 is 0 Å². The lowest BCUT2D eigenvalue weighted by atomic mass is 9.91. The molecule has 2 aromatic heterocycles. The molecule has 0 bridgehead atoms. The molecule has 1 saturated carbocycles. The van der Waals surface area contributed by atoms with E-state index in [4.69, 9.17) is 4.52 Å². The molecular weight excluding hydrogens is 352 g/mol. The van der Waals surface area contributed by atoms with E-state index in [-0.39, 0.29) is 11.2 Å². The molecule has 0 aliphatic heterocycles. The maximum absolute atomic E-state index is 11.3. The third-order valence-electron chi connectivity index (χ3n) is 4.82. The minimum Gasteiger partial charge on any atom is -0.332 e. The Hall–Kier alpha value is -2.48. The van der Waals surface area contributed by atoms with Gasteiger partial charge in [-0.3, -0.25) is 4.68 Å². The van der Waals surface area contributed by atoms with Crippen LogP contribution in [0.3, 0.4) is 0 Å². The number of aryl methyl sites for hydroxylation is 2. The maximum Gasteiger partial charge on any atom is 0.278 e. The third kappa shape index (κ3) is 3.16. The normalized spacial score (nSPS) is 15.9. The van der Waals surface area contributed by atoms with Gasteiger partial charge < -0.3 is 4.52 Å². The highest BCUT2D eigenvalue weighted by atomic mass is 32.2. The number of aromatic nitrogens is 4. The molecule has 0 spiro atoms. The molecule has 0 saturated heterocycles. The van der Waals surface area contributed by atoms with Gasteiger partial charge in [-0.1, -0.05) is 29.4 Å². The van der Waals surface area contributed by atoms with Crippen LogP contribution in [0.4, 0.5) is 0 Å². The van der Waals surface area contributed by atoms with E-state index < -0.39 is 9.84 Å². The van der Waals surface area contributed by atoms with E-state index in [1.165, 1.54) is 17.4 Å². The minimum absolute atomic E-state index is 0.0413. The van der Waals surface area contributed by atoms with Crippen molar-refractivity contribution in [2.24, 2.45) is 0 Å². The molecule has 1 aliphatic rings. The Kier molecular flexibility index (Phi) is 3.95. The molecule has 26 heavy (non-hydrogen) atoms. The van der Waals surface area contributed by atoms with Crippen LogP contribution in [0.5, 0.6) is 0 Å². The molecule has 0 N–H and O–H groups in total. The van der Waals surface area contributed by atoms with Gasteiger partial charge in [-0.25, -0.2) is 8.42 Å². The molecule has 1 aromatic carbocycles. The lowest BCUT2D eigenvalue weighted by Gasteiger charge is -2.13. The molecule has 0 atom stereocenters. The summed E-state index contributed by atoms with van der Waals surface area (Å²) in [4.78, 5) is 4.58. The molecule has 1 aliphatic carbocycles. The van der Waals surface area contributed by atoms with Gasteiger partial charge in [0.05, 0.1) is 17.7 Å². The Morgan fingerprint density at radius 3 is 2.69 bits per heavy atom. The Morgan fingerprint density at radius 1 is 1.23 bits per heavy atom. The van der Waals surface area contributed by atoms with Gasteiger partial charge in [-0.15, -0.1) is 0 Å². The Labute approximate surface area is 152 Å². The van der Waals surface area contributed by atoms with Crippen molar-refractivity contribution >= 4 is 9.84 Å². The first-order valence-electron chi connectivity index (χ1n) is 8.49. The van der Waals surface area contributed by atoms with E-state index in [2.05, 4.69) is 34.3 Å². The Morgan fingerprint density at radius 2 is 2.00 bits per heavy atom. The second-order valence-corrected chi connectivity index (χ2v) is 9.17. The lowest BCUT2D eigenvalue weighted by Crippen LogP contribution is -2.12. The fourth-order valence-corrected chi connectivity index (χ4v) is 3.75. The molecule has 1 fully saturated rings. The van der Waals surface area contributed by atoms with E-state index in [9.17, 15) is 8.42 Å². The van der Waals surface area contributed by atoms with E-state index in [0.717, 1.165) is 12.8 Å². The standard InChI is InChI=1S/C18H20N4O3S/c1-13-5-3-4-6-14(13)18(8-9-18)17-19-16(25-21-17)15-7-10-22(20-15)11-12-26(2,23)24/h3-7,10H,8-9,11-12H2,1-2H3. The van der Waals surface area contributed by atoms with Crippen molar-refractivity contribution in [3.63, 3.8) is 0 Å². The molecule has 0 amide bonds. The van der Waals surface area contributed by atoms with Crippen LogP contribution in [-0.2, 0) is 21.8 Å². The van der Waals surface area contributed by atoms with Crippen LogP contribution in [0, 0.1) is 6.92 Å². The van der Waals surface area contributed by atoms with E-state index in [1.807, 2.05) is 12.1 Å². The summed E-state index contributed by atoms with van der Waals surface area (Å²) in [6.07, 6.45) is 4.93. The van der Waals surface area contributed by atoms with Crippen molar-refractivity contribution in [1.29, 1.82) is 0 Å².